The lowest BCUT2D eigenvalue weighted by Gasteiger charge is -2.12. The molecule has 1 aromatic carbocycles. The van der Waals surface area contributed by atoms with E-state index in [1.54, 1.807) is 12.5 Å². The van der Waals surface area contributed by atoms with Crippen LogP contribution in [0, 0.1) is 0 Å². The van der Waals surface area contributed by atoms with E-state index in [0.29, 0.717) is 0 Å². The molecule has 0 fully saturated rings. The van der Waals surface area contributed by atoms with E-state index in [1.807, 2.05) is 40.8 Å². The second-order valence-corrected chi connectivity index (χ2v) is 7.26. The Hall–Kier alpha value is -2.01. The lowest BCUT2D eigenvalue weighted by molar-refractivity contribution is 0.506. The van der Waals surface area contributed by atoms with Gasteiger partial charge >= 0.3 is 0 Å². The SMILES string of the molecule is I.c1ccc(SCCNC(=NCCCn2ccnn2)NCCc2ccco2)cc1. The Balaban J connectivity index is 0.00000300. The Kier molecular flexibility index (Phi) is 11.3. The summed E-state index contributed by atoms with van der Waals surface area (Å²) in [7, 11) is 0. The molecule has 29 heavy (non-hydrogen) atoms. The highest BCUT2D eigenvalue weighted by molar-refractivity contribution is 14.0. The highest BCUT2D eigenvalue weighted by Gasteiger charge is 2.01. The molecule has 0 atom stereocenters. The highest BCUT2D eigenvalue weighted by atomic mass is 127. The van der Waals surface area contributed by atoms with E-state index in [2.05, 4.69) is 50.2 Å². The third-order valence-corrected chi connectivity index (χ3v) is 4.95. The van der Waals surface area contributed by atoms with Crippen LogP contribution in [-0.4, -0.2) is 46.3 Å². The number of benzene rings is 1. The van der Waals surface area contributed by atoms with Crippen LogP contribution in [-0.2, 0) is 13.0 Å². The third-order valence-electron chi connectivity index (χ3n) is 3.94. The minimum absolute atomic E-state index is 0. The van der Waals surface area contributed by atoms with Crippen LogP contribution in [0.25, 0.3) is 0 Å². The van der Waals surface area contributed by atoms with E-state index in [0.717, 1.165) is 56.5 Å². The van der Waals surface area contributed by atoms with E-state index in [-0.39, 0.29) is 24.0 Å². The number of thioether (sulfide) groups is 1. The zero-order valence-electron chi connectivity index (χ0n) is 16.2. The van der Waals surface area contributed by atoms with Crippen LogP contribution >= 0.6 is 35.7 Å². The monoisotopic (exact) mass is 526 g/mol. The standard InChI is InChI=1S/C20H26N6OS.HI/c1-2-7-19(8-3-1)28-17-13-23-20(22-11-9-18-6-4-16-27-18)21-10-5-14-26-15-12-24-25-26;/h1-4,6-8,12,15-16H,5,9-11,13-14,17H2,(H2,21,22,23);1H. The molecule has 0 aliphatic rings. The predicted molar refractivity (Wildman–Crippen MR) is 128 cm³/mol. The smallest absolute Gasteiger partial charge is 0.191 e. The molecule has 9 heteroatoms. The Morgan fingerprint density at radius 2 is 1.97 bits per heavy atom. The molecular formula is C20H27IN6OS. The minimum atomic E-state index is 0. The number of hydrogen-bond acceptors (Lipinski definition) is 5. The average Bonchev–Trinajstić information content (AvgIpc) is 3.43. The highest BCUT2D eigenvalue weighted by Crippen LogP contribution is 2.15. The average molecular weight is 526 g/mol. The zero-order chi connectivity index (χ0) is 19.3. The van der Waals surface area contributed by atoms with Gasteiger partial charge in [-0.15, -0.1) is 40.8 Å². The summed E-state index contributed by atoms with van der Waals surface area (Å²) in [5, 5.41) is 14.6. The quantitative estimate of drug-likeness (QED) is 0.131. The van der Waals surface area contributed by atoms with Gasteiger partial charge in [-0.05, 0) is 30.7 Å². The summed E-state index contributed by atoms with van der Waals surface area (Å²) in [5.74, 6) is 2.78. The Morgan fingerprint density at radius 1 is 1.10 bits per heavy atom. The lowest BCUT2D eigenvalue weighted by atomic mass is 10.3. The molecule has 0 spiro atoms. The van der Waals surface area contributed by atoms with Crippen LogP contribution in [0.3, 0.4) is 0 Å². The number of aliphatic imine (C=N–C) groups is 1. The molecule has 3 aromatic rings. The van der Waals surface area contributed by atoms with Gasteiger partial charge in [0.2, 0.25) is 0 Å². The Bertz CT molecular complexity index is 796. The van der Waals surface area contributed by atoms with Gasteiger partial charge in [-0.25, -0.2) is 0 Å². The van der Waals surface area contributed by atoms with Crippen LogP contribution < -0.4 is 10.6 Å². The number of aryl methyl sites for hydroxylation is 1. The van der Waals surface area contributed by atoms with Crippen LogP contribution in [0.4, 0.5) is 0 Å². The third kappa shape index (κ3) is 9.35. The molecule has 0 aliphatic carbocycles. The van der Waals surface area contributed by atoms with Gasteiger partial charge in [0.05, 0.1) is 12.5 Å². The predicted octanol–water partition coefficient (Wildman–Crippen LogP) is 3.45. The number of aromatic nitrogens is 3. The van der Waals surface area contributed by atoms with Gasteiger partial charge < -0.3 is 15.1 Å². The molecular weight excluding hydrogens is 499 g/mol. The molecule has 0 unspecified atom stereocenters. The lowest BCUT2D eigenvalue weighted by Crippen LogP contribution is -2.39. The van der Waals surface area contributed by atoms with Gasteiger partial charge in [0.15, 0.2) is 5.96 Å². The number of guanidine groups is 1. The van der Waals surface area contributed by atoms with Crippen LogP contribution in [0.15, 0.2) is 75.4 Å². The fourth-order valence-corrected chi connectivity index (χ4v) is 3.35. The van der Waals surface area contributed by atoms with E-state index in [1.165, 1.54) is 4.90 Å². The van der Waals surface area contributed by atoms with Gasteiger partial charge in [-0.2, -0.15) is 0 Å². The Labute approximate surface area is 192 Å². The molecule has 2 N–H and O–H groups in total. The molecule has 2 heterocycles. The second kappa shape index (κ2) is 14.0. The van der Waals surface area contributed by atoms with Crippen LogP contribution in [0.2, 0.25) is 0 Å². The number of nitrogens with zero attached hydrogens (tertiary/aromatic N) is 4. The van der Waals surface area contributed by atoms with Crippen molar-refractivity contribution in [2.75, 3.05) is 25.4 Å². The van der Waals surface area contributed by atoms with E-state index < -0.39 is 0 Å². The maximum atomic E-state index is 5.38. The van der Waals surface area contributed by atoms with Crippen molar-refractivity contribution in [1.82, 2.24) is 25.6 Å². The first-order valence-corrected chi connectivity index (χ1v) is 10.5. The maximum absolute atomic E-state index is 5.38. The summed E-state index contributed by atoms with van der Waals surface area (Å²) < 4.78 is 7.21. The maximum Gasteiger partial charge on any atom is 0.191 e. The largest absolute Gasteiger partial charge is 0.469 e. The van der Waals surface area contributed by atoms with Crippen molar-refractivity contribution in [1.29, 1.82) is 0 Å². The van der Waals surface area contributed by atoms with E-state index in [9.17, 15) is 0 Å². The van der Waals surface area contributed by atoms with Crippen molar-refractivity contribution in [3.8, 4) is 0 Å². The molecule has 3 rings (SSSR count). The van der Waals surface area contributed by atoms with Crippen molar-refractivity contribution in [3.05, 3.63) is 66.9 Å². The van der Waals surface area contributed by atoms with Gasteiger partial charge in [0.1, 0.15) is 5.76 Å². The van der Waals surface area contributed by atoms with E-state index in [4.69, 9.17) is 4.42 Å². The van der Waals surface area contributed by atoms with Crippen LogP contribution in [0.1, 0.15) is 12.2 Å². The summed E-state index contributed by atoms with van der Waals surface area (Å²) in [4.78, 5) is 5.96. The molecule has 0 radical (unpaired) electrons. The minimum Gasteiger partial charge on any atom is -0.469 e. The van der Waals surface area contributed by atoms with Crippen molar-refractivity contribution in [3.63, 3.8) is 0 Å². The molecule has 0 bridgehead atoms. The number of furan rings is 1. The number of halogens is 1. The van der Waals surface area contributed by atoms with Crippen molar-refractivity contribution in [2.45, 2.75) is 24.3 Å². The molecule has 2 aromatic heterocycles. The number of rotatable bonds is 11. The number of nitrogens with one attached hydrogen (secondary N) is 2. The van der Waals surface area contributed by atoms with Gasteiger partial charge in [-0.1, -0.05) is 23.4 Å². The fraction of sp³-hybridized carbons (Fsp3) is 0.350. The van der Waals surface area contributed by atoms with Crippen LogP contribution in [0.5, 0.6) is 0 Å². The molecule has 0 saturated heterocycles. The van der Waals surface area contributed by atoms with Gasteiger partial charge in [0, 0.05) is 49.4 Å². The van der Waals surface area contributed by atoms with Crippen molar-refractivity contribution in [2.24, 2.45) is 4.99 Å². The first-order valence-electron chi connectivity index (χ1n) is 9.47. The second-order valence-electron chi connectivity index (χ2n) is 6.09. The van der Waals surface area contributed by atoms with E-state index >= 15 is 0 Å². The first kappa shape index (κ1) is 23.3. The summed E-state index contributed by atoms with van der Waals surface area (Å²) in [6, 6.07) is 14.3. The fourth-order valence-electron chi connectivity index (χ4n) is 2.56. The number of hydrogen-bond donors (Lipinski definition) is 2. The molecule has 0 saturated carbocycles. The van der Waals surface area contributed by atoms with Gasteiger partial charge in [-0.3, -0.25) is 9.67 Å². The Morgan fingerprint density at radius 3 is 2.72 bits per heavy atom. The molecule has 7 nitrogen and oxygen atoms in total. The summed E-state index contributed by atoms with van der Waals surface area (Å²) >= 11 is 1.83. The summed E-state index contributed by atoms with van der Waals surface area (Å²) in [6.45, 7) is 3.15. The zero-order valence-corrected chi connectivity index (χ0v) is 19.4. The molecule has 0 amide bonds. The topological polar surface area (TPSA) is 80.3 Å². The van der Waals surface area contributed by atoms with Gasteiger partial charge in [0.25, 0.3) is 0 Å². The first-order chi connectivity index (χ1) is 13.9. The molecule has 0 aliphatic heterocycles. The molecule has 156 valence electrons. The summed E-state index contributed by atoms with van der Waals surface area (Å²) in [5.41, 5.74) is 0. The van der Waals surface area contributed by atoms with Crippen molar-refractivity contribution >= 4 is 41.7 Å². The summed E-state index contributed by atoms with van der Waals surface area (Å²) in [6.07, 6.45) is 6.99. The van der Waals surface area contributed by atoms with Crippen molar-refractivity contribution < 1.29 is 4.42 Å². The normalized spacial score (nSPS) is 11.1.